The van der Waals surface area contributed by atoms with Crippen LogP contribution in [0.2, 0.25) is 0 Å². The molecule has 0 unspecified atom stereocenters. The van der Waals surface area contributed by atoms with Gasteiger partial charge in [-0.05, 0) is 11.6 Å². The third-order valence-electron chi connectivity index (χ3n) is 0.781. The fraction of sp³-hybridized carbons (Fsp3) is 0. The van der Waals surface area contributed by atoms with Gasteiger partial charge in [-0.3, -0.25) is 4.79 Å². The zero-order valence-electron chi connectivity index (χ0n) is 3.97. The molecule has 0 amide bonds. The first-order valence-electron chi connectivity index (χ1n) is 2.07. The highest BCUT2D eigenvalue weighted by Gasteiger charge is 2.11. The van der Waals surface area contributed by atoms with Crippen LogP contribution in [0.3, 0.4) is 0 Å². The molecule has 42 valence electrons. The molecule has 0 aromatic rings. The molecule has 0 atom stereocenters. The maximum Gasteiger partial charge on any atom is 0.308 e. The lowest BCUT2D eigenvalue weighted by Gasteiger charge is -1.81. The van der Waals surface area contributed by atoms with Gasteiger partial charge in [-0.2, -0.15) is 5.43 Å². The normalized spacial score (nSPS) is 16.4. The van der Waals surface area contributed by atoms with Crippen LogP contribution in [0.15, 0.2) is 16.9 Å². The van der Waals surface area contributed by atoms with Gasteiger partial charge in [-0.1, -0.05) is 5.10 Å². The Labute approximate surface area is 51.0 Å². The van der Waals surface area contributed by atoms with Crippen molar-refractivity contribution in [3.8, 4) is 0 Å². The van der Waals surface area contributed by atoms with Crippen molar-refractivity contribution in [1.82, 2.24) is 0 Å². The number of allylic oxidation sites excluding steroid dienone is 2. The number of carbonyl (C=O) groups is 1. The average Bonchev–Trinajstić information content (AvgIpc) is 2.12. The predicted octanol–water partition coefficient (Wildman–Crippen LogP) is -0.802. The standard InChI is InChI=1S/C4H3ClN2O/c5-4(8)3-1-2-6-7-3/h1-2H,(H,6,7)/p+1. The smallest absolute Gasteiger partial charge is 0.269 e. The van der Waals surface area contributed by atoms with Gasteiger partial charge in [0.05, 0.1) is 6.21 Å². The molecular formula is C4H4ClN2O+. The summed E-state index contributed by atoms with van der Waals surface area (Å²) in [6, 6.07) is 0. The highest BCUT2D eigenvalue weighted by Crippen LogP contribution is 1.90. The first-order chi connectivity index (χ1) is 3.80. The maximum atomic E-state index is 10.2. The van der Waals surface area contributed by atoms with E-state index in [4.69, 9.17) is 11.6 Å². The van der Waals surface area contributed by atoms with Gasteiger partial charge in [-0.15, -0.1) is 0 Å². The van der Waals surface area contributed by atoms with Crippen LogP contribution in [0.25, 0.3) is 0 Å². The summed E-state index contributed by atoms with van der Waals surface area (Å²) in [6.45, 7) is 0. The molecule has 0 aliphatic carbocycles. The van der Waals surface area contributed by atoms with E-state index in [1.165, 1.54) is 11.6 Å². The van der Waals surface area contributed by atoms with Crippen LogP contribution >= 0.6 is 11.6 Å². The SMILES string of the molecule is O=C(Cl)C1=CC=N[NH2+]1. The van der Waals surface area contributed by atoms with Crippen molar-refractivity contribution in [3.05, 3.63) is 11.8 Å². The topological polar surface area (TPSA) is 46.0 Å². The summed E-state index contributed by atoms with van der Waals surface area (Å²) < 4.78 is 0. The van der Waals surface area contributed by atoms with Crippen molar-refractivity contribution in [2.45, 2.75) is 0 Å². The minimum atomic E-state index is -0.456. The number of halogens is 1. The van der Waals surface area contributed by atoms with E-state index in [0.29, 0.717) is 5.70 Å². The third kappa shape index (κ3) is 0.936. The van der Waals surface area contributed by atoms with Gasteiger partial charge in [-0.25, -0.2) is 0 Å². The molecule has 1 heterocycles. The van der Waals surface area contributed by atoms with Crippen LogP contribution in [0.1, 0.15) is 0 Å². The summed E-state index contributed by atoms with van der Waals surface area (Å²) in [5.41, 5.74) is 1.88. The highest BCUT2D eigenvalue weighted by atomic mass is 35.5. The monoisotopic (exact) mass is 131 g/mol. The van der Waals surface area contributed by atoms with E-state index in [1.807, 2.05) is 0 Å². The molecule has 0 spiro atoms. The van der Waals surface area contributed by atoms with E-state index in [9.17, 15) is 4.79 Å². The summed E-state index contributed by atoms with van der Waals surface area (Å²) in [5.74, 6) is 0. The number of nitrogens with zero attached hydrogens (tertiary/aromatic N) is 1. The van der Waals surface area contributed by atoms with Gasteiger partial charge < -0.3 is 0 Å². The van der Waals surface area contributed by atoms with Crippen LogP contribution in [0.5, 0.6) is 0 Å². The van der Waals surface area contributed by atoms with Crippen molar-refractivity contribution in [2.24, 2.45) is 5.10 Å². The molecule has 1 aliphatic rings. The number of carbonyl (C=O) groups excluding carboxylic acids is 1. The lowest BCUT2D eigenvalue weighted by Crippen LogP contribution is -2.75. The first kappa shape index (κ1) is 5.47. The van der Waals surface area contributed by atoms with Crippen LogP contribution in [0.4, 0.5) is 0 Å². The Morgan fingerprint density at radius 2 is 2.62 bits per heavy atom. The number of hydrogen-bond donors (Lipinski definition) is 1. The van der Waals surface area contributed by atoms with Crippen molar-refractivity contribution in [3.63, 3.8) is 0 Å². The third-order valence-corrected chi connectivity index (χ3v) is 0.999. The molecule has 1 aliphatic heterocycles. The summed E-state index contributed by atoms with van der Waals surface area (Å²) in [7, 11) is 0. The molecule has 4 heteroatoms. The Hall–Kier alpha value is -0.670. The molecule has 0 aromatic heterocycles. The summed E-state index contributed by atoms with van der Waals surface area (Å²) >= 11 is 5.07. The predicted molar refractivity (Wildman–Crippen MR) is 29.4 cm³/mol. The van der Waals surface area contributed by atoms with Gasteiger partial charge in [0.15, 0.2) is 0 Å². The van der Waals surface area contributed by atoms with E-state index in [2.05, 4.69) is 5.10 Å². The average molecular weight is 132 g/mol. The quantitative estimate of drug-likeness (QED) is 0.368. The molecule has 3 nitrogen and oxygen atoms in total. The summed E-state index contributed by atoms with van der Waals surface area (Å²) in [5, 5.41) is 3.18. The van der Waals surface area contributed by atoms with Crippen LogP contribution in [0, 0.1) is 0 Å². The van der Waals surface area contributed by atoms with Gasteiger partial charge >= 0.3 is 5.24 Å². The van der Waals surface area contributed by atoms with Crippen LogP contribution < -0.4 is 5.43 Å². The number of hydrogen-bond acceptors (Lipinski definition) is 2. The fourth-order valence-electron chi connectivity index (χ4n) is 0.406. The largest absolute Gasteiger partial charge is 0.308 e. The molecule has 8 heavy (non-hydrogen) atoms. The van der Waals surface area contributed by atoms with Crippen molar-refractivity contribution in [2.75, 3.05) is 0 Å². The second kappa shape index (κ2) is 2.07. The number of quaternary nitrogens is 1. The minimum Gasteiger partial charge on any atom is -0.269 e. The number of nitrogens with two attached hydrogens (primary N) is 1. The van der Waals surface area contributed by atoms with Gasteiger partial charge in [0.2, 0.25) is 5.70 Å². The zero-order valence-corrected chi connectivity index (χ0v) is 4.72. The molecule has 0 saturated heterocycles. The highest BCUT2D eigenvalue weighted by molar-refractivity contribution is 6.67. The Bertz CT molecular complexity index is 173. The molecule has 0 bridgehead atoms. The van der Waals surface area contributed by atoms with E-state index in [-0.39, 0.29) is 0 Å². The van der Waals surface area contributed by atoms with Crippen LogP contribution in [-0.4, -0.2) is 11.5 Å². The maximum absolute atomic E-state index is 10.2. The Kier molecular flexibility index (Phi) is 1.41. The second-order valence-corrected chi connectivity index (χ2v) is 1.67. The number of rotatable bonds is 1. The van der Waals surface area contributed by atoms with Gasteiger partial charge in [0.25, 0.3) is 0 Å². The zero-order chi connectivity index (χ0) is 5.98. The van der Waals surface area contributed by atoms with E-state index < -0.39 is 5.24 Å². The molecule has 0 fully saturated rings. The van der Waals surface area contributed by atoms with E-state index in [1.54, 1.807) is 6.08 Å². The molecule has 0 aromatic carbocycles. The Morgan fingerprint density at radius 1 is 1.88 bits per heavy atom. The molecular weight excluding hydrogens is 128 g/mol. The van der Waals surface area contributed by atoms with Gasteiger partial charge in [0.1, 0.15) is 0 Å². The molecule has 0 saturated carbocycles. The summed E-state index contributed by atoms with van der Waals surface area (Å²) in [6.07, 6.45) is 3.09. The van der Waals surface area contributed by atoms with Gasteiger partial charge in [0, 0.05) is 6.08 Å². The Balaban J connectivity index is 2.64. The second-order valence-electron chi connectivity index (χ2n) is 1.32. The molecule has 2 N–H and O–H groups in total. The Morgan fingerprint density at radius 3 is 2.88 bits per heavy atom. The van der Waals surface area contributed by atoms with Crippen molar-refractivity contribution in [1.29, 1.82) is 0 Å². The summed E-state index contributed by atoms with van der Waals surface area (Å²) in [4.78, 5) is 10.2. The van der Waals surface area contributed by atoms with E-state index in [0.717, 1.165) is 0 Å². The lowest BCUT2D eigenvalue weighted by atomic mass is 10.5. The fourth-order valence-corrected chi connectivity index (χ4v) is 0.518. The van der Waals surface area contributed by atoms with Crippen molar-refractivity contribution >= 4 is 23.1 Å². The molecule has 1 rings (SSSR count). The van der Waals surface area contributed by atoms with Crippen molar-refractivity contribution < 1.29 is 10.2 Å². The first-order valence-corrected chi connectivity index (χ1v) is 2.45. The lowest BCUT2D eigenvalue weighted by molar-refractivity contribution is -0.601. The minimum absolute atomic E-state index is 0.451. The van der Waals surface area contributed by atoms with Crippen LogP contribution in [-0.2, 0) is 4.79 Å². The molecule has 0 radical (unpaired) electrons. The van der Waals surface area contributed by atoms with E-state index >= 15 is 0 Å².